The third-order valence-corrected chi connectivity index (χ3v) is 7.64. The number of hydrogen-bond donors (Lipinski definition) is 0. The van der Waals surface area contributed by atoms with Gasteiger partial charge in [0.1, 0.15) is 0 Å². The van der Waals surface area contributed by atoms with Crippen molar-refractivity contribution in [2.75, 3.05) is 13.1 Å². The van der Waals surface area contributed by atoms with Gasteiger partial charge in [-0.25, -0.2) is 8.42 Å². The third kappa shape index (κ3) is 4.56. The first kappa shape index (κ1) is 20.6. The van der Waals surface area contributed by atoms with Gasteiger partial charge in [-0.3, -0.25) is 0 Å². The van der Waals surface area contributed by atoms with E-state index in [1.54, 1.807) is 34.6 Å². The summed E-state index contributed by atoms with van der Waals surface area (Å²) in [7, 11) is -3.53. The maximum atomic E-state index is 12.9. The Morgan fingerprint density at radius 3 is 2.67 bits per heavy atom. The van der Waals surface area contributed by atoms with E-state index < -0.39 is 10.0 Å². The number of piperidine rings is 1. The van der Waals surface area contributed by atoms with Crippen LogP contribution in [0.25, 0.3) is 11.5 Å². The fourth-order valence-electron chi connectivity index (χ4n) is 3.30. The Kier molecular flexibility index (Phi) is 6.18. The van der Waals surface area contributed by atoms with E-state index >= 15 is 0 Å². The maximum Gasteiger partial charge on any atom is 0.277 e. The molecule has 0 saturated carbocycles. The second-order valence-electron chi connectivity index (χ2n) is 6.97. The zero-order valence-electron chi connectivity index (χ0n) is 16.2. The Labute approximate surface area is 179 Å². The van der Waals surface area contributed by atoms with Crippen molar-refractivity contribution < 1.29 is 12.8 Å². The fraction of sp³-hybridized carbons (Fsp3) is 0.286. The van der Waals surface area contributed by atoms with Gasteiger partial charge in [0, 0.05) is 24.4 Å². The molecule has 0 N–H and O–H groups in total. The van der Waals surface area contributed by atoms with Crippen molar-refractivity contribution in [3.05, 3.63) is 59.7 Å². The highest BCUT2D eigenvalue weighted by molar-refractivity contribution is 7.98. The predicted octanol–water partition coefficient (Wildman–Crippen LogP) is 4.08. The summed E-state index contributed by atoms with van der Waals surface area (Å²) in [4.78, 5) is 0.239. The van der Waals surface area contributed by atoms with E-state index in [2.05, 4.69) is 16.3 Å². The number of rotatable bonds is 6. The van der Waals surface area contributed by atoms with Crippen LogP contribution in [0.5, 0.6) is 0 Å². The van der Waals surface area contributed by atoms with Crippen molar-refractivity contribution in [2.45, 2.75) is 35.1 Å². The summed E-state index contributed by atoms with van der Waals surface area (Å²) in [6.45, 7) is 1.11. The minimum Gasteiger partial charge on any atom is -0.411 e. The summed E-state index contributed by atoms with van der Waals surface area (Å²) in [6.07, 6.45) is 2.84. The van der Waals surface area contributed by atoms with Gasteiger partial charge in [-0.2, -0.15) is 9.57 Å². The summed E-state index contributed by atoms with van der Waals surface area (Å²) in [6, 6.07) is 16.1. The molecule has 1 aliphatic heterocycles. The second kappa shape index (κ2) is 9.00. The Balaban J connectivity index is 1.49. The molecule has 2 aromatic carbocycles. The average molecular weight is 441 g/mol. The topological polar surface area (TPSA) is 100 Å². The molecule has 9 heteroatoms. The van der Waals surface area contributed by atoms with Crippen LogP contribution in [0, 0.1) is 11.3 Å². The van der Waals surface area contributed by atoms with E-state index in [1.165, 1.54) is 11.8 Å². The van der Waals surface area contributed by atoms with Crippen LogP contribution in [-0.2, 0) is 15.8 Å². The van der Waals surface area contributed by atoms with E-state index in [0.717, 1.165) is 24.8 Å². The van der Waals surface area contributed by atoms with Crippen molar-refractivity contribution in [1.29, 1.82) is 5.26 Å². The lowest BCUT2D eigenvalue weighted by molar-refractivity contribution is 0.346. The molecule has 154 valence electrons. The van der Waals surface area contributed by atoms with Crippen LogP contribution in [0.2, 0.25) is 0 Å². The van der Waals surface area contributed by atoms with Gasteiger partial charge in [-0.15, -0.1) is 10.2 Å². The minimum atomic E-state index is -3.53. The molecule has 0 atom stereocenters. The van der Waals surface area contributed by atoms with Crippen molar-refractivity contribution in [1.82, 2.24) is 14.5 Å². The molecule has 0 aliphatic carbocycles. The number of aromatic nitrogens is 2. The molecule has 7 nitrogen and oxygen atoms in total. The number of nitrogens with zero attached hydrogens (tertiary/aromatic N) is 4. The van der Waals surface area contributed by atoms with E-state index in [1.807, 2.05) is 18.2 Å². The number of sulfonamides is 1. The summed E-state index contributed by atoms with van der Waals surface area (Å²) >= 11 is 1.36. The average Bonchev–Trinajstić information content (AvgIpc) is 3.28. The third-order valence-electron chi connectivity index (χ3n) is 4.86. The smallest absolute Gasteiger partial charge is 0.277 e. The van der Waals surface area contributed by atoms with Crippen LogP contribution in [0.3, 0.4) is 0 Å². The number of nitriles is 1. The number of thioether (sulfide) groups is 1. The Morgan fingerprint density at radius 2 is 1.87 bits per heavy atom. The van der Waals surface area contributed by atoms with Crippen LogP contribution in [-0.4, -0.2) is 36.0 Å². The first-order valence-electron chi connectivity index (χ1n) is 9.62. The number of benzene rings is 2. The van der Waals surface area contributed by atoms with Crippen molar-refractivity contribution in [2.24, 2.45) is 0 Å². The summed E-state index contributed by atoms with van der Waals surface area (Å²) in [5, 5.41) is 17.5. The molecular formula is C21H20N4O3S2. The highest BCUT2D eigenvalue weighted by Gasteiger charge is 2.26. The molecule has 2 heterocycles. The molecule has 0 bridgehead atoms. The van der Waals surface area contributed by atoms with E-state index in [0.29, 0.717) is 35.2 Å². The second-order valence-corrected chi connectivity index (χ2v) is 9.83. The molecule has 0 amide bonds. The largest absolute Gasteiger partial charge is 0.411 e. The summed E-state index contributed by atoms with van der Waals surface area (Å²) in [5.74, 6) is 0.861. The van der Waals surface area contributed by atoms with Crippen LogP contribution in [0.15, 0.2) is 63.1 Å². The maximum absolute atomic E-state index is 12.9. The van der Waals surface area contributed by atoms with Gasteiger partial charge in [0.15, 0.2) is 0 Å². The molecule has 4 rings (SSSR count). The standard InChI is InChI=1S/C21H20N4O3S2/c22-14-16-6-4-7-17(12-16)15-29-21-24-23-20(28-21)18-8-5-9-19(13-18)30(26,27)25-10-2-1-3-11-25/h4-9,12-13H,1-3,10-11,15H2. The highest BCUT2D eigenvalue weighted by Crippen LogP contribution is 2.28. The fourth-order valence-corrected chi connectivity index (χ4v) is 5.57. The van der Waals surface area contributed by atoms with Crippen LogP contribution < -0.4 is 0 Å². The van der Waals surface area contributed by atoms with E-state index in [9.17, 15) is 8.42 Å². The van der Waals surface area contributed by atoms with Gasteiger partial charge in [-0.05, 0) is 48.7 Å². The van der Waals surface area contributed by atoms with Gasteiger partial charge in [0.2, 0.25) is 15.9 Å². The van der Waals surface area contributed by atoms with Gasteiger partial charge in [-0.1, -0.05) is 36.4 Å². The Bertz CT molecular complexity index is 1180. The van der Waals surface area contributed by atoms with Crippen LogP contribution in [0.1, 0.15) is 30.4 Å². The lowest BCUT2D eigenvalue weighted by Gasteiger charge is -2.25. The Morgan fingerprint density at radius 1 is 1.07 bits per heavy atom. The molecule has 3 aromatic rings. The first-order valence-corrected chi connectivity index (χ1v) is 12.0. The molecule has 1 saturated heterocycles. The molecule has 0 radical (unpaired) electrons. The quantitative estimate of drug-likeness (QED) is 0.533. The van der Waals surface area contributed by atoms with Gasteiger partial charge in [0.05, 0.1) is 16.5 Å². The monoisotopic (exact) mass is 440 g/mol. The first-order chi connectivity index (χ1) is 14.6. The van der Waals surface area contributed by atoms with Gasteiger partial charge in [0.25, 0.3) is 5.22 Å². The van der Waals surface area contributed by atoms with Crippen LogP contribution in [0.4, 0.5) is 0 Å². The highest BCUT2D eigenvalue weighted by atomic mass is 32.2. The summed E-state index contributed by atoms with van der Waals surface area (Å²) < 4.78 is 33.1. The molecule has 1 aromatic heterocycles. The van der Waals surface area contributed by atoms with E-state index in [4.69, 9.17) is 9.68 Å². The zero-order valence-corrected chi connectivity index (χ0v) is 17.8. The lowest BCUT2D eigenvalue weighted by atomic mass is 10.2. The zero-order chi connectivity index (χ0) is 21.0. The molecule has 1 aliphatic rings. The Hall–Kier alpha value is -2.67. The molecule has 0 unspecified atom stereocenters. The van der Waals surface area contributed by atoms with Crippen molar-refractivity contribution in [3.63, 3.8) is 0 Å². The van der Waals surface area contributed by atoms with Crippen LogP contribution >= 0.6 is 11.8 Å². The minimum absolute atomic E-state index is 0.239. The van der Waals surface area contributed by atoms with Gasteiger partial charge < -0.3 is 4.42 Å². The number of hydrogen-bond acceptors (Lipinski definition) is 7. The summed E-state index contributed by atoms with van der Waals surface area (Å²) in [5.41, 5.74) is 2.15. The lowest BCUT2D eigenvalue weighted by Crippen LogP contribution is -2.35. The SMILES string of the molecule is N#Cc1cccc(CSc2nnc(-c3cccc(S(=O)(=O)N4CCCCC4)c3)o2)c1. The molecular weight excluding hydrogens is 420 g/mol. The van der Waals surface area contributed by atoms with Crippen molar-refractivity contribution >= 4 is 21.8 Å². The van der Waals surface area contributed by atoms with Gasteiger partial charge >= 0.3 is 0 Å². The molecule has 0 spiro atoms. The normalized spacial score (nSPS) is 15.0. The predicted molar refractivity (Wildman–Crippen MR) is 113 cm³/mol. The molecule has 1 fully saturated rings. The van der Waals surface area contributed by atoms with E-state index in [-0.39, 0.29) is 10.8 Å². The van der Waals surface area contributed by atoms with Crippen molar-refractivity contribution in [3.8, 4) is 17.5 Å². The molecule has 30 heavy (non-hydrogen) atoms.